The van der Waals surface area contributed by atoms with Gasteiger partial charge in [0.05, 0.1) is 0 Å². The summed E-state index contributed by atoms with van der Waals surface area (Å²) in [6, 6.07) is 10.0. The molecule has 0 aromatic heterocycles. The third-order valence-corrected chi connectivity index (χ3v) is 13.9. The van der Waals surface area contributed by atoms with E-state index in [1.807, 2.05) is 30.3 Å². The van der Waals surface area contributed by atoms with Crippen molar-refractivity contribution < 1.29 is 13.0 Å². The van der Waals surface area contributed by atoms with Crippen LogP contribution in [0.1, 0.15) is 11.3 Å². The monoisotopic (exact) mass is 417 g/mol. The van der Waals surface area contributed by atoms with E-state index in [0.29, 0.717) is 0 Å². The van der Waals surface area contributed by atoms with Crippen LogP contribution in [0.4, 0.5) is 0 Å². The zero-order chi connectivity index (χ0) is 19.7. The molecule has 4 nitrogen and oxygen atoms in total. The van der Waals surface area contributed by atoms with E-state index in [0.717, 1.165) is 5.56 Å². The Morgan fingerprint density at radius 1 is 0.840 bits per heavy atom. The Morgan fingerprint density at radius 3 is 1.56 bits per heavy atom. The van der Waals surface area contributed by atoms with Gasteiger partial charge in [0.15, 0.2) is 16.6 Å². The number of hydrogen-bond donors (Lipinski definition) is 0. The van der Waals surface area contributed by atoms with Gasteiger partial charge < -0.3 is 13.0 Å². The molecule has 0 aliphatic rings. The molecule has 0 saturated heterocycles. The Labute approximate surface area is 157 Å². The van der Waals surface area contributed by atoms with Crippen molar-refractivity contribution in [2.45, 2.75) is 64.7 Å². The standard InChI is InChI=1S/C17H36NO3PSi3/c1-18(23(2,3)4)17(16-14-12-11-13-15-16)22(19,20-24(5,6)7)21-25(8,9)10/h11-15,17H,1-10H3. The van der Waals surface area contributed by atoms with Crippen LogP contribution in [-0.2, 0) is 13.0 Å². The Bertz CT molecular complexity index is 586. The maximum absolute atomic E-state index is 14.2. The minimum absolute atomic E-state index is 0.362. The third kappa shape index (κ3) is 7.25. The van der Waals surface area contributed by atoms with Crippen LogP contribution < -0.4 is 0 Å². The summed E-state index contributed by atoms with van der Waals surface area (Å²) < 4.78 is 29.1. The molecule has 0 bridgehead atoms. The summed E-state index contributed by atoms with van der Waals surface area (Å²) in [6.07, 6.45) is 0. The van der Waals surface area contributed by atoms with Crippen LogP contribution in [0.2, 0.25) is 58.9 Å². The molecular weight excluding hydrogens is 381 g/mol. The molecule has 0 N–H and O–H groups in total. The second-order valence-electron chi connectivity index (χ2n) is 9.51. The molecule has 1 unspecified atom stereocenters. The zero-order valence-electron chi connectivity index (χ0n) is 17.6. The van der Waals surface area contributed by atoms with Crippen LogP contribution in [0.5, 0.6) is 0 Å². The lowest BCUT2D eigenvalue weighted by molar-refractivity contribution is 0.326. The average Bonchev–Trinajstić information content (AvgIpc) is 2.33. The number of benzene rings is 1. The van der Waals surface area contributed by atoms with Gasteiger partial charge in [0.25, 0.3) is 0 Å². The fourth-order valence-corrected chi connectivity index (χ4v) is 13.2. The van der Waals surface area contributed by atoms with E-state index in [1.165, 1.54) is 0 Å². The second kappa shape index (κ2) is 7.92. The normalized spacial score (nSPS) is 15.5. The molecular formula is C17H36NO3PSi3. The summed E-state index contributed by atoms with van der Waals surface area (Å²) in [6.45, 7) is 19.2. The van der Waals surface area contributed by atoms with Gasteiger partial charge in [-0.15, -0.1) is 0 Å². The number of rotatable bonds is 8. The minimum atomic E-state index is -3.36. The van der Waals surface area contributed by atoms with Gasteiger partial charge >= 0.3 is 7.60 Å². The van der Waals surface area contributed by atoms with E-state index in [-0.39, 0.29) is 5.78 Å². The second-order valence-corrected chi connectivity index (χ2v) is 26.0. The molecule has 8 heteroatoms. The SMILES string of the molecule is CN(C(c1ccccc1)P(=O)(O[Si](C)(C)C)O[Si](C)(C)C)[Si](C)(C)C. The first-order valence-electron chi connectivity index (χ1n) is 8.84. The summed E-state index contributed by atoms with van der Waals surface area (Å²) in [4.78, 5) is 0. The molecule has 0 aliphatic heterocycles. The van der Waals surface area contributed by atoms with Gasteiger partial charge in [0, 0.05) is 0 Å². The number of nitrogens with zero attached hydrogens (tertiary/aromatic N) is 1. The van der Waals surface area contributed by atoms with Crippen molar-refractivity contribution >= 4 is 32.5 Å². The predicted octanol–water partition coefficient (Wildman–Crippen LogP) is 6.35. The highest BCUT2D eigenvalue weighted by Crippen LogP contribution is 2.65. The van der Waals surface area contributed by atoms with Gasteiger partial charge in [-0.2, -0.15) is 0 Å². The maximum Gasteiger partial charge on any atom is 0.332 e. The van der Waals surface area contributed by atoms with E-state index in [2.05, 4.69) is 70.5 Å². The van der Waals surface area contributed by atoms with Crippen molar-refractivity contribution in [3.8, 4) is 0 Å². The Kier molecular flexibility index (Phi) is 7.30. The maximum atomic E-state index is 14.2. The molecule has 0 aliphatic carbocycles. The number of hydrogen-bond acceptors (Lipinski definition) is 4. The fourth-order valence-electron chi connectivity index (χ4n) is 2.49. The molecule has 0 saturated carbocycles. The van der Waals surface area contributed by atoms with Crippen LogP contribution in [0, 0.1) is 0 Å². The van der Waals surface area contributed by atoms with Gasteiger partial charge in [-0.1, -0.05) is 50.0 Å². The van der Waals surface area contributed by atoms with Crippen molar-refractivity contribution in [1.82, 2.24) is 4.57 Å². The molecule has 1 aromatic rings. The predicted molar refractivity (Wildman–Crippen MR) is 117 cm³/mol. The van der Waals surface area contributed by atoms with Gasteiger partial charge in [-0.25, -0.2) is 0 Å². The van der Waals surface area contributed by atoms with E-state index >= 15 is 0 Å². The topological polar surface area (TPSA) is 38.8 Å². The fraction of sp³-hybridized carbons (Fsp3) is 0.647. The van der Waals surface area contributed by atoms with Gasteiger partial charge in [0.1, 0.15) is 14.0 Å². The molecule has 0 radical (unpaired) electrons. The van der Waals surface area contributed by atoms with Gasteiger partial charge in [-0.3, -0.25) is 4.57 Å². The lowest BCUT2D eigenvalue weighted by Crippen LogP contribution is -2.47. The summed E-state index contributed by atoms with van der Waals surface area (Å²) in [5.41, 5.74) is 1.01. The van der Waals surface area contributed by atoms with Crippen LogP contribution in [0.15, 0.2) is 30.3 Å². The van der Waals surface area contributed by atoms with Crippen LogP contribution in [-0.4, -0.2) is 36.5 Å². The molecule has 25 heavy (non-hydrogen) atoms. The highest BCUT2D eigenvalue weighted by molar-refractivity contribution is 7.57. The highest BCUT2D eigenvalue weighted by Gasteiger charge is 2.48. The summed E-state index contributed by atoms with van der Waals surface area (Å²) in [7, 11) is -7.17. The lowest BCUT2D eigenvalue weighted by Gasteiger charge is -2.44. The van der Waals surface area contributed by atoms with E-state index in [1.54, 1.807) is 0 Å². The lowest BCUT2D eigenvalue weighted by atomic mass is 10.2. The zero-order valence-corrected chi connectivity index (χ0v) is 21.5. The molecule has 0 fully saturated rings. The summed E-state index contributed by atoms with van der Waals surface area (Å²) >= 11 is 0. The molecule has 0 amide bonds. The Hall–Kier alpha value is -0.0194. The molecule has 144 valence electrons. The first-order valence-corrected chi connectivity index (χ1v) is 20.7. The van der Waals surface area contributed by atoms with Crippen LogP contribution in [0.25, 0.3) is 0 Å². The van der Waals surface area contributed by atoms with Crippen molar-refractivity contribution in [3.05, 3.63) is 35.9 Å². The first kappa shape index (κ1) is 23.0. The van der Waals surface area contributed by atoms with E-state index < -0.39 is 32.5 Å². The van der Waals surface area contributed by atoms with Crippen LogP contribution >= 0.6 is 7.60 Å². The Balaban J connectivity index is 3.55. The minimum Gasteiger partial charge on any atom is -0.350 e. The highest BCUT2D eigenvalue weighted by atomic mass is 31.2. The summed E-state index contributed by atoms with van der Waals surface area (Å²) in [5, 5.41) is 0. The van der Waals surface area contributed by atoms with Crippen molar-refractivity contribution in [2.75, 3.05) is 7.05 Å². The van der Waals surface area contributed by atoms with E-state index in [4.69, 9.17) is 8.43 Å². The average molecular weight is 418 g/mol. The Morgan fingerprint density at radius 2 is 1.24 bits per heavy atom. The molecule has 1 atom stereocenters. The molecule has 0 spiro atoms. The van der Waals surface area contributed by atoms with Crippen molar-refractivity contribution in [3.63, 3.8) is 0 Å². The van der Waals surface area contributed by atoms with Crippen molar-refractivity contribution in [2.24, 2.45) is 0 Å². The smallest absolute Gasteiger partial charge is 0.332 e. The molecule has 0 heterocycles. The van der Waals surface area contributed by atoms with Crippen LogP contribution in [0.3, 0.4) is 0 Å². The van der Waals surface area contributed by atoms with Gasteiger partial charge in [-0.05, 0) is 51.9 Å². The van der Waals surface area contributed by atoms with E-state index in [9.17, 15) is 4.57 Å². The first-order chi connectivity index (χ1) is 11.1. The quantitative estimate of drug-likeness (QED) is 0.365. The van der Waals surface area contributed by atoms with Crippen molar-refractivity contribution in [1.29, 1.82) is 0 Å². The third-order valence-electron chi connectivity index (χ3n) is 3.62. The molecule has 1 aromatic carbocycles. The summed E-state index contributed by atoms with van der Waals surface area (Å²) in [5.74, 6) is -0.362. The van der Waals surface area contributed by atoms with Gasteiger partial charge in [0.2, 0.25) is 0 Å². The molecule has 1 rings (SSSR count). The largest absolute Gasteiger partial charge is 0.350 e.